The Kier molecular flexibility index (Phi) is 5.24. The summed E-state index contributed by atoms with van der Waals surface area (Å²) in [5.74, 6) is 0. The molecule has 2 aromatic heterocycles. The van der Waals surface area contributed by atoms with Crippen molar-refractivity contribution in [3.8, 4) is 0 Å². The highest BCUT2D eigenvalue weighted by molar-refractivity contribution is 8.13. The third-order valence-electron chi connectivity index (χ3n) is 4.30. The highest BCUT2D eigenvalue weighted by atomic mass is 32.2. The number of benzene rings is 1. The zero-order valence-corrected chi connectivity index (χ0v) is 16.6. The van der Waals surface area contributed by atoms with Gasteiger partial charge in [0.15, 0.2) is 5.17 Å². The largest absolute Gasteiger partial charge is 0.383 e. The summed E-state index contributed by atoms with van der Waals surface area (Å²) in [5, 5.41) is 5.43. The molecule has 0 atom stereocenters. The Morgan fingerprint density at radius 2 is 2.19 bits per heavy atom. The summed E-state index contributed by atoms with van der Waals surface area (Å²) in [6, 6.07) is 13.0. The summed E-state index contributed by atoms with van der Waals surface area (Å²) in [4.78, 5) is 13.4. The Labute approximate surface area is 161 Å². The van der Waals surface area contributed by atoms with Crippen LogP contribution in [0.1, 0.15) is 16.0 Å². The fourth-order valence-corrected chi connectivity index (χ4v) is 4.73. The van der Waals surface area contributed by atoms with Crippen LogP contribution in [0.2, 0.25) is 0 Å². The quantitative estimate of drug-likeness (QED) is 0.598. The van der Waals surface area contributed by atoms with Crippen molar-refractivity contribution in [1.29, 1.82) is 0 Å². The molecule has 0 radical (unpaired) electrons. The van der Waals surface area contributed by atoms with Gasteiger partial charge >= 0.3 is 0 Å². The molecule has 0 fully saturated rings. The SMILES string of the molecule is COCCN=C1Sc2nc3ccc(C)cc3cc2CN1Cc1cccs1. The van der Waals surface area contributed by atoms with Crippen LogP contribution in [0.15, 0.2) is 51.8 Å². The average Bonchev–Trinajstić information content (AvgIpc) is 3.14. The molecule has 0 bridgehead atoms. The van der Waals surface area contributed by atoms with Gasteiger partial charge in [-0.25, -0.2) is 4.98 Å². The van der Waals surface area contributed by atoms with Crippen LogP contribution >= 0.6 is 23.1 Å². The number of thioether (sulfide) groups is 1. The molecular formula is C20H21N3OS2. The molecule has 0 spiro atoms. The van der Waals surface area contributed by atoms with Crippen LogP contribution in [-0.2, 0) is 17.8 Å². The van der Waals surface area contributed by atoms with Crippen LogP contribution in [0, 0.1) is 6.92 Å². The third kappa shape index (κ3) is 3.77. The molecule has 0 amide bonds. The van der Waals surface area contributed by atoms with Crippen LogP contribution in [0.3, 0.4) is 0 Å². The van der Waals surface area contributed by atoms with Gasteiger partial charge in [-0.05, 0) is 48.3 Å². The molecule has 0 N–H and O–H groups in total. The summed E-state index contributed by atoms with van der Waals surface area (Å²) in [7, 11) is 1.71. The van der Waals surface area contributed by atoms with Crippen molar-refractivity contribution in [2.75, 3.05) is 20.3 Å². The van der Waals surface area contributed by atoms with Gasteiger partial charge in [-0.15, -0.1) is 11.3 Å². The van der Waals surface area contributed by atoms with E-state index < -0.39 is 0 Å². The number of aliphatic imine (C=N–C) groups is 1. The van der Waals surface area contributed by atoms with Crippen LogP contribution in [0.25, 0.3) is 10.9 Å². The summed E-state index contributed by atoms with van der Waals surface area (Å²) in [6.07, 6.45) is 0. The number of thiophene rings is 1. The van der Waals surface area contributed by atoms with Gasteiger partial charge in [-0.3, -0.25) is 4.99 Å². The molecule has 0 saturated heterocycles. The minimum absolute atomic E-state index is 0.633. The van der Waals surface area contributed by atoms with E-state index in [1.54, 1.807) is 30.2 Å². The van der Waals surface area contributed by atoms with E-state index in [1.807, 2.05) is 0 Å². The van der Waals surface area contributed by atoms with Crippen LogP contribution < -0.4 is 0 Å². The van der Waals surface area contributed by atoms with Gasteiger partial charge in [0.2, 0.25) is 0 Å². The zero-order valence-electron chi connectivity index (χ0n) is 14.9. The molecule has 6 heteroatoms. The number of methoxy groups -OCH3 is 1. The first-order valence-electron chi connectivity index (χ1n) is 8.62. The first-order chi connectivity index (χ1) is 12.7. The van der Waals surface area contributed by atoms with E-state index >= 15 is 0 Å². The number of aryl methyl sites for hydroxylation is 1. The molecule has 3 aromatic rings. The Hall–Kier alpha value is -1.89. The summed E-state index contributed by atoms with van der Waals surface area (Å²) < 4.78 is 5.16. The maximum Gasteiger partial charge on any atom is 0.166 e. The van der Waals surface area contributed by atoms with E-state index in [1.165, 1.54) is 21.4 Å². The standard InChI is InChI=1S/C20H21N3OS2/c1-14-5-6-18-15(10-14)11-16-12-23(13-17-4-3-9-25-17)20(21-7-8-24-2)26-19(16)22-18/h3-6,9-11H,7-8,12-13H2,1-2H3. The monoisotopic (exact) mass is 383 g/mol. The molecular weight excluding hydrogens is 362 g/mol. The number of pyridine rings is 1. The van der Waals surface area contributed by atoms with Gasteiger partial charge in [-0.2, -0.15) is 0 Å². The van der Waals surface area contributed by atoms with Crippen molar-refractivity contribution in [1.82, 2.24) is 9.88 Å². The van der Waals surface area contributed by atoms with Crippen LogP contribution in [-0.4, -0.2) is 35.3 Å². The predicted molar refractivity (Wildman–Crippen MR) is 110 cm³/mol. The Balaban J connectivity index is 1.68. The lowest BCUT2D eigenvalue weighted by Crippen LogP contribution is -2.31. The second kappa shape index (κ2) is 7.78. The Morgan fingerprint density at radius 3 is 3.00 bits per heavy atom. The lowest BCUT2D eigenvalue weighted by Gasteiger charge is -2.30. The maximum atomic E-state index is 5.16. The molecule has 0 unspecified atom stereocenters. The third-order valence-corrected chi connectivity index (χ3v) is 6.28. The fourth-order valence-electron chi connectivity index (χ4n) is 3.03. The Bertz CT molecular complexity index is 938. The smallest absolute Gasteiger partial charge is 0.166 e. The second-order valence-corrected chi connectivity index (χ2v) is 8.33. The van der Waals surface area contributed by atoms with E-state index in [9.17, 15) is 0 Å². The fraction of sp³-hybridized carbons (Fsp3) is 0.300. The van der Waals surface area contributed by atoms with E-state index in [-0.39, 0.29) is 0 Å². The summed E-state index contributed by atoms with van der Waals surface area (Å²) in [6.45, 7) is 5.14. The topological polar surface area (TPSA) is 37.7 Å². The van der Waals surface area contributed by atoms with Crippen molar-refractivity contribution in [2.24, 2.45) is 4.99 Å². The number of nitrogens with zero attached hydrogens (tertiary/aromatic N) is 3. The van der Waals surface area contributed by atoms with Gasteiger partial charge in [0.1, 0.15) is 5.03 Å². The molecule has 1 aliphatic rings. The van der Waals surface area contributed by atoms with E-state index in [0.29, 0.717) is 13.2 Å². The number of aromatic nitrogens is 1. The lowest BCUT2D eigenvalue weighted by atomic mass is 10.1. The Morgan fingerprint density at radius 1 is 1.27 bits per heavy atom. The minimum atomic E-state index is 0.633. The second-order valence-electron chi connectivity index (χ2n) is 6.34. The molecule has 4 nitrogen and oxygen atoms in total. The molecule has 0 saturated carbocycles. The molecule has 1 aliphatic heterocycles. The van der Waals surface area contributed by atoms with E-state index in [0.717, 1.165) is 28.8 Å². The number of ether oxygens (including phenoxy) is 1. The zero-order chi connectivity index (χ0) is 17.9. The highest BCUT2D eigenvalue weighted by Crippen LogP contribution is 2.34. The maximum absolute atomic E-state index is 5.16. The van der Waals surface area contributed by atoms with Gasteiger partial charge in [0.25, 0.3) is 0 Å². The number of hydrogen-bond donors (Lipinski definition) is 0. The number of hydrogen-bond acceptors (Lipinski definition) is 5. The van der Waals surface area contributed by atoms with Crippen molar-refractivity contribution < 1.29 is 4.74 Å². The van der Waals surface area contributed by atoms with E-state index in [2.05, 4.69) is 53.6 Å². The molecule has 0 aliphatic carbocycles. The highest BCUT2D eigenvalue weighted by Gasteiger charge is 2.24. The van der Waals surface area contributed by atoms with Crippen molar-refractivity contribution in [3.63, 3.8) is 0 Å². The minimum Gasteiger partial charge on any atom is -0.383 e. The van der Waals surface area contributed by atoms with Gasteiger partial charge in [-0.1, -0.05) is 17.7 Å². The molecule has 4 rings (SSSR count). The number of fused-ring (bicyclic) bond motifs is 2. The molecule has 3 heterocycles. The average molecular weight is 384 g/mol. The van der Waals surface area contributed by atoms with Gasteiger partial charge in [0, 0.05) is 29.5 Å². The van der Waals surface area contributed by atoms with Gasteiger partial charge < -0.3 is 9.64 Å². The summed E-state index contributed by atoms with van der Waals surface area (Å²) >= 11 is 3.46. The molecule has 26 heavy (non-hydrogen) atoms. The van der Waals surface area contributed by atoms with Crippen molar-refractivity contribution >= 4 is 39.2 Å². The van der Waals surface area contributed by atoms with Crippen molar-refractivity contribution in [3.05, 3.63) is 57.8 Å². The van der Waals surface area contributed by atoms with Gasteiger partial charge in [0.05, 0.1) is 25.2 Å². The molecule has 134 valence electrons. The van der Waals surface area contributed by atoms with Crippen LogP contribution in [0.4, 0.5) is 0 Å². The summed E-state index contributed by atoms with van der Waals surface area (Å²) in [5.41, 5.74) is 3.58. The first kappa shape index (κ1) is 17.5. The lowest BCUT2D eigenvalue weighted by molar-refractivity contribution is 0.207. The van der Waals surface area contributed by atoms with E-state index in [4.69, 9.17) is 14.7 Å². The normalized spacial score (nSPS) is 15.6. The number of rotatable bonds is 5. The molecule has 1 aromatic carbocycles. The van der Waals surface area contributed by atoms with Crippen molar-refractivity contribution in [2.45, 2.75) is 25.0 Å². The predicted octanol–water partition coefficient (Wildman–Crippen LogP) is 4.72. The van der Waals surface area contributed by atoms with Crippen LogP contribution in [0.5, 0.6) is 0 Å². The first-order valence-corrected chi connectivity index (χ1v) is 10.3. The number of amidine groups is 1.